The van der Waals surface area contributed by atoms with Crippen LogP contribution in [0.5, 0.6) is 0 Å². The number of carbonyl (C=O) groups excluding carboxylic acids is 1. The molecule has 1 aliphatic carbocycles. The second kappa shape index (κ2) is 10.5. The Morgan fingerprint density at radius 2 is 2.00 bits per heavy atom. The lowest BCUT2D eigenvalue weighted by Crippen LogP contribution is -2.38. The maximum absolute atomic E-state index is 12.4. The molecule has 2 heterocycles. The number of imidazole rings is 1. The molecule has 0 unspecified atom stereocenters. The summed E-state index contributed by atoms with van der Waals surface area (Å²) in [6.07, 6.45) is 13.3. The minimum atomic E-state index is -0.00948. The summed E-state index contributed by atoms with van der Waals surface area (Å²) in [5.41, 5.74) is 6.94. The first-order chi connectivity index (χ1) is 11.7. The van der Waals surface area contributed by atoms with Crippen molar-refractivity contribution in [1.82, 2.24) is 19.9 Å². The first kappa shape index (κ1) is 22.4. The Labute approximate surface area is 166 Å². The molecule has 2 aromatic rings. The van der Waals surface area contributed by atoms with Gasteiger partial charge in [0.2, 0.25) is 5.91 Å². The van der Waals surface area contributed by atoms with Gasteiger partial charge in [0.25, 0.3) is 0 Å². The number of nitrogens with two attached hydrogens (primary N) is 1. The van der Waals surface area contributed by atoms with E-state index in [4.69, 9.17) is 5.73 Å². The molecule has 8 heteroatoms. The quantitative estimate of drug-likeness (QED) is 0.781. The Kier molecular flexibility index (Phi) is 9.05. The summed E-state index contributed by atoms with van der Waals surface area (Å²) in [4.78, 5) is 20.9. The molecule has 1 saturated carbocycles. The Balaban J connectivity index is 0.00000169. The van der Waals surface area contributed by atoms with E-state index in [9.17, 15) is 4.79 Å². The van der Waals surface area contributed by atoms with E-state index in [1.165, 1.54) is 19.3 Å². The molecule has 1 fully saturated rings. The number of hydrogen-bond acceptors (Lipinski definition) is 4. The van der Waals surface area contributed by atoms with Gasteiger partial charge >= 0.3 is 0 Å². The molecular formula is C18H27Cl2N5O. The van der Waals surface area contributed by atoms with Gasteiger partial charge in [0.1, 0.15) is 12.1 Å². The van der Waals surface area contributed by atoms with E-state index >= 15 is 0 Å². The van der Waals surface area contributed by atoms with E-state index in [2.05, 4.69) is 15.3 Å². The topological polar surface area (TPSA) is 85.8 Å². The van der Waals surface area contributed by atoms with Crippen LogP contribution in [0, 0.1) is 5.41 Å². The van der Waals surface area contributed by atoms with Crippen molar-refractivity contribution in [2.75, 3.05) is 6.54 Å². The fraction of sp³-hybridized carbons (Fsp3) is 0.500. The standard InChI is InChI=1S/C18H25N5O.2ClH/c19-13-18(6-2-1-3-7-18)11-16(24)22-12-15-5-4-8-21-17(15)23-10-9-20-14-23;;/h4-5,8-10,14H,1-3,6-7,11-13,19H2,(H,22,24);2*1H. The first-order valence-electron chi connectivity index (χ1n) is 8.61. The number of halogens is 2. The molecule has 1 aliphatic rings. The zero-order valence-electron chi connectivity index (χ0n) is 14.8. The highest BCUT2D eigenvalue weighted by Gasteiger charge is 2.32. The molecule has 0 saturated heterocycles. The first-order valence-corrected chi connectivity index (χ1v) is 8.61. The van der Waals surface area contributed by atoms with Crippen LogP contribution in [0.2, 0.25) is 0 Å². The fourth-order valence-electron chi connectivity index (χ4n) is 3.54. The normalized spacial score (nSPS) is 15.4. The minimum Gasteiger partial charge on any atom is -0.352 e. The van der Waals surface area contributed by atoms with Crippen molar-refractivity contribution < 1.29 is 4.79 Å². The molecule has 26 heavy (non-hydrogen) atoms. The van der Waals surface area contributed by atoms with Crippen molar-refractivity contribution in [2.45, 2.75) is 45.1 Å². The van der Waals surface area contributed by atoms with Crippen LogP contribution in [0.4, 0.5) is 0 Å². The molecule has 2 aromatic heterocycles. The van der Waals surface area contributed by atoms with E-state index in [1.807, 2.05) is 22.9 Å². The molecule has 0 bridgehead atoms. The van der Waals surface area contributed by atoms with Crippen LogP contribution in [-0.2, 0) is 11.3 Å². The highest BCUT2D eigenvalue weighted by Crippen LogP contribution is 2.38. The number of hydrogen-bond donors (Lipinski definition) is 2. The van der Waals surface area contributed by atoms with Crippen LogP contribution in [0.3, 0.4) is 0 Å². The Morgan fingerprint density at radius 1 is 1.23 bits per heavy atom. The van der Waals surface area contributed by atoms with Gasteiger partial charge in [-0.2, -0.15) is 0 Å². The highest BCUT2D eigenvalue weighted by atomic mass is 35.5. The van der Waals surface area contributed by atoms with Crippen molar-refractivity contribution in [3.05, 3.63) is 42.6 Å². The van der Waals surface area contributed by atoms with Crippen LogP contribution in [0.25, 0.3) is 5.82 Å². The summed E-state index contributed by atoms with van der Waals surface area (Å²) in [7, 11) is 0. The number of rotatable bonds is 6. The number of amides is 1. The third-order valence-electron chi connectivity index (χ3n) is 4.98. The molecule has 0 radical (unpaired) electrons. The molecule has 0 spiro atoms. The van der Waals surface area contributed by atoms with E-state index in [-0.39, 0.29) is 36.1 Å². The third kappa shape index (κ3) is 5.43. The second-order valence-corrected chi connectivity index (χ2v) is 6.67. The van der Waals surface area contributed by atoms with Crippen molar-refractivity contribution >= 4 is 30.7 Å². The lowest BCUT2D eigenvalue weighted by atomic mass is 9.71. The van der Waals surface area contributed by atoms with Gasteiger partial charge in [-0.15, -0.1) is 24.8 Å². The van der Waals surface area contributed by atoms with Crippen molar-refractivity contribution in [3.63, 3.8) is 0 Å². The predicted molar refractivity (Wildman–Crippen MR) is 107 cm³/mol. The van der Waals surface area contributed by atoms with Crippen molar-refractivity contribution in [1.29, 1.82) is 0 Å². The number of pyridine rings is 1. The molecular weight excluding hydrogens is 373 g/mol. The van der Waals surface area contributed by atoms with Gasteiger partial charge in [-0.1, -0.05) is 25.3 Å². The highest BCUT2D eigenvalue weighted by molar-refractivity contribution is 5.85. The van der Waals surface area contributed by atoms with Crippen LogP contribution in [0.15, 0.2) is 37.1 Å². The summed E-state index contributed by atoms with van der Waals surface area (Å²) in [5, 5.41) is 3.04. The SMILES string of the molecule is Cl.Cl.NCC1(CC(=O)NCc2cccnc2-n2ccnc2)CCCCC1. The molecule has 0 atom stereocenters. The zero-order chi connectivity index (χ0) is 16.8. The summed E-state index contributed by atoms with van der Waals surface area (Å²) in [5.74, 6) is 0.865. The molecule has 1 amide bonds. The molecule has 3 rings (SSSR count). The second-order valence-electron chi connectivity index (χ2n) is 6.67. The molecule has 0 aliphatic heterocycles. The summed E-state index contributed by atoms with van der Waals surface area (Å²) in [6.45, 7) is 1.05. The van der Waals surface area contributed by atoms with E-state index in [0.717, 1.165) is 24.2 Å². The van der Waals surface area contributed by atoms with Gasteiger partial charge in [-0.25, -0.2) is 9.97 Å². The summed E-state index contributed by atoms with van der Waals surface area (Å²) >= 11 is 0. The molecule has 144 valence electrons. The van der Waals surface area contributed by atoms with Crippen LogP contribution >= 0.6 is 24.8 Å². The Hall–Kier alpha value is -1.63. The van der Waals surface area contributed by atoms with E-state index < -0.39 is 0 Å². The van der Waals surface area contributed by atoms with Crippen molar-refractivity contribution in [3.8, 4) is 5.82 Å². The van der Waals surface area contributed by atoms with Gasteiger partial charge in [-0.3, -0.25) is 9.36 Å². The maximum atomic E-state index is 12.4. The summed E-state index contributed by atoms with van der Waals surface area (Å²) < 4.78 is 1.85. The van der Waals surface area contributed by atoms with Gasteiger partial charge < -0.3 is 11.1 Å². The number of carbonyl (C=O) groups is 1. The van der Waals surface area contributed by atoms with Gasteiger partial charge in [0, 0.05) is 37.1 Å². The van der Waals surface area contributed by atoms with Gasteiger partial charge in [0.05, 0.1) is 0 Å². The third-order valence-corrected chi connectivity index (χ3v) is 4.98. The van der Waals surface area contributed by atoms with E-state index in [1.54, 1.807) is 18.7 Å². The smallest absolute Gasteiger partial charge is 0.220 e. The van der Waals surface area contributed by atoms with Gasteiger partial charge in [-0.05, 0) is 30.9 Å². The van der Waals surface area contributed by atoms with Crippen LogP contribution < -0.4 is 11.1 Å². The van der Waals surface area contributed by atoms with Crippen LogP contribution in [0.1, 0.15) is 44.1 Å². The number of nitrogens with one attached hydrogen (secondary N) is 1. The molecule has 6 nitrogen and oxygen atoms in total. The van der Waals surface area contributed by atoms with Crippen LogP contribution in [-0.4, -0.2) is 27.0 Å². The predicted octanol–water partition coefficient (Wildman–Crippen LogP) is 3.03. The Bertz CT molecular complexity index is 672. The summed E-state index contributed by atoms with van der Waals surface area (Å²) in [6, 6.07) is 3.85. The zero-order valence-corrected chi connectivity index (χ0v) is 16.4. The lowest BCUT2D eigenvalue weighted by molar-refractivity contribution is -0.124. The van der Waals surface area contributed by atoms with Crippen molar-refractivity contribution in [2.24, 2.45) is 11.1 Å². The van der Waals surface area contributed by atoms with E-state index in [0.29, 0.717) is 19.5 Å². The molecule has 0 aromatic carbocycles. The maximum Gasteiger partial charge on any atom is 0.220 e. The average molecular weight is 400 g/mol. The fourth-order valence-corrected chi connectivity index (χ4v) is 3.54. The largest absolute Gasteiger partial charge is 0.352 e. The number of aromatic nitrogens is 3. The Morgan fingerprint density at radius 3 is 2.65 bits per heavy atom. The van der Waals surface area contributed by atoms with Gasteiger partial charge in [0.15, 0.2) is 0 Å². The number of nitrogens with zero attached hydrogens (tertiary/aromatic N) is 3. The monoisotopic (exact) mass is 399 g/mol. The average Bonchev–Trinajstić information content (AvgIpc) is 3.15. The molecule has 3 N–H and O–H groups in total. The minimum absolute atomic E-state index is 0. The lowest BCUT2D eigenvalue weighted by Gasteiger charge is -2.35.